The summed E-state index contributed by atoms with van der Waals surface area (Å²) in [6.45, 7) is 6.55. The van der Waals surface area contributed by atoms with Crippen molar-refractivity contribution in [3.63, 3.8) is 0 Å². The van der Waals surface area contributed by atoms with Crippen molar-refractivity contribution in [3.05, 3.63) is 24.3 Å². The summed E-state index contributed by atoms with van der Waals surface area (Å²) < 4.78 is 5.24. The van der Waals surface area contributed by atoms with E-state index in [1.165, 1.54) is 0 Å². The van der Waals surface area contributed by atoms with Crippen LogP contribution in [0.25, 0.3) is 0 Å². The van der Waals surface area contributed by atoms with Gasteiger partial charge in [-0.05, 0) is 26.0 Å². The Hall–Kier alpha value is -1.17. The Balaban J connectivity index is 0.00000220. The van der Waals surface area contributed by atoms with Crippen molar-refractivity contribution in [3.8, 4) is 5.75 Å². The maximum atomic E-state index is 12.1. The third kappa shape index (κ3) is 4.93. The first-order chi connectivity index (χ1) is 9.41. The summed E-state index contributed by atoms with van der Waals surface area (Å²) in [5.74, 6) is 0.867. The SMILES string of the molecule is COc1cccc(N2CCN(C(=O)C(C)(C)N)CC2)c1.Cl.Cl. The molecule has 1 aliphatic heterocycles. The van der Waals surface area contributed by atoms with Crippen LogP contribution in [-0.2, 0) is 4.79 Å². The Morgan fingerprint density at radius 2 is 1.77 bits per heavy atom. The molecule has 5 nitrogen and oxygen atoms in total. The van der Waals surface area contributed by atoms with Crippen molar-refractivity contribution in [2.24, 2.45) is 5.73 Å². The molecule has 2 rings (SSSR count). The van der Waals surface area contributed by atoms with Gasteiger partial charge >= 0.3 is 0 Å². The van der Waals surface area contributed by atoms with E-state index in [1.807, 2.05) is 23.1 Å². The van der Waals surface area contributed by atoms with Gasteiger partial charge in [0.05, 0.1) is 12.6 Å². The second-order valence-corrected chi connectivity index (χ2v) is 5.70. The largest absolute Gasteiger partial charge is 0.497 e. The molecule has 1 aromatic carbocycles. The molecule has 1 aliphatic rings. The molecule has 1 aromatic rings. The molecule has 1 saturated heterocycles. The van der Waals surface area contributed by atoms with Gasteiger partial charge in [-0.3, -0.25) is 4.79 Å². The molecule has 0 aromatic heterocycles. The van der Waals surface area contributed by atoms with Crippen LogP contribution in [0.15, 0.2) is 24.3 Å². The van der Waals surface area contributed by atoms with Gasteiger partial charge in [0.1, 0.15) is 5.75 Å². The van der Waals surface area contributed by atoms with Crippen LogP contribution >= 0.6 is 24.8 Å². The van der Waals surface area contributed by atoms with E-state index in [0.29, 0.717) is 13.1 Å². The minimum absolute atomic E-state index is 0. The van der Waals surface area contributed by atoms with Crippen molar-refractivity contribution in [1.29, 1.82) is 0 Å². The van der Waals surface area contributed by atoms with Crippen LogP contribution in [0.4, 0.5) is 5.69 Å². The number of hydrogen-bond acceptors (Lipinski definition) is 4. The quantitative estimate of drug-likeness (QED) is 0.905. The van der Waals surface area contributed by atoms with E-state index in [-0.39, 0.29) is 30.7 Å². The molecule has 1 fully saturated rings. The molecule has 2 N–H and O–H groups in total. The van der Waals surface area contributed by atoms with E-state index in [9.17, 15) is 4.79 Å². The van der Waals surface area contributed by atoms with Gasteiger partial charge in [0.2, 0.25) is 5.91 Å². The number of carbonyl (C=O) groups excluding carboxylic acids is 1. The molecule has 0 saturated carbocycles. The summed E-state index contributed by atoms with van der Waals surface area (Å²) >= 11 is 0. The van der Waals surface area contributed by atoms with Gasteiger partial charge in [-0.1, -0.05) is 6.07 Å². The fourth-order valence-electron chi connectivity index (χ4n) is 2.38. The monoisotopic (exact) mass is 349 g/mol. The maximum Gasteiger partial charge on any atom is 0.242 e. The summed E-state index contributed by atoms with van der Waals surface area (Å²) in [4.78, 5) is 16.2. The smallest absolute Gasteiger partial charge is 0.242 e. The Morgan fingerprint density at radius 1 is 1.18 bits per heavy atom. The lowest BCUT2D eigenvalue weighted by Gasteiger charge is -2.38. The highest BCUT2D eigenvalue weighted by molar-refractivity contribution is 5.86. The second kappa shape index (κ2) is 8.46. The van der Waals surface area contributed by atoms with Gasteiger partial charge in [0, 0.05) is 37.9 Å². The van der Waals surface area contributed by atoms with Crippen LogP contribution in [0.2, 0.25) is 0 Å². The normalized spacial score (nSPS) is 14.7. The lowest BCUT2D eigenvalue weighted by molar-refractivity contribution is -0.136. The number of carbonyl (C=O) groups is 1. The number of benzene rings is 1. The van der Waals surface area contributed by atoms with Crippen LogP contribution in [0.1, 0.15) is 13.8 Å². The molecule has 7 heteroatoms. The molecule has 126 valence electrons. The zero-order valence-electron chi connectivity index (χ0n) is 13.2. The van der Waals surface area contributed by atoms with Gasteiger partial charge in [-0.2, -0.15) is 0 Å². The number of nitrogens with two attached hydrogens (primary N) is 1. The van der Waals surface area contributed by atoms with Gasteiger partial charge in [0.25, 0.3) is 0 Å². The number of piperazine rings is 1. The average molecular weight is 350 g/mol. The molecule has 1 amide bonds. The number of halogens is 2. The van der Waals surface area contributed by atoms with Crippen molar-refractivity contribution in [2.75, 3.05) is 38.2 Å². The topological polar surface area (TPSA) is 58.8 Å². The summed E-state index contributed by atoms with van der Waals surface area (Å²) in [5.41, 5.74) is 6.21. The first-order valence-electron chi connectivity index (χ1n) is 6.89. The van der Waals surface area contributed by atoms with Gasteiger partial charge < -0.3 is 20.3 Å². The summed E-state index contributed by atoms with van der Waals surface area (Å²) in [6.07, 6.45) is 0. The third-order valence-corrected chi connectivity index (χ3v) is 3.54. The summed E-state index contributed by atoms with van der Waals surface area (Å²) in [6, 6.07) is 7.99. The van der Waals surface area contributed by atoms with Crippen LogP contribution in [-0.4, -0.2) is 49.6 Å². The highest BCUT2D eigenvalue weighted by Gasteiger charge is 2.30. The van der Waals surface area contributed by atoms with Crippen molar-refractivity contribution in [1.82, 2.24) is 4.90 Å². The van der Waals surface area contributed by atoms with E-state index < -0.39 is 5.54 Å². The fraction of sp³-hybridized carbons (Fsp3) is 0.533. The van der Waals surface area contributed by atoms with E-state index in [1.54, 1.807) is 21.0 Å². The molecular weight excluding hydrogens is 325 g/mol. The number of amides is 1. The van der Waals surface area contributed by atoms with E-state index >= 15 is 0 Å². The van der Waals surface area contributed by atoms with E-state index in [2.05, 4.69) is 11.0 Å². The molecule has 0 spiro atoms. The number of ether oxygens (including phenoxy) is 1. The first-order valence-corrected chi connectivity index (χ1v) is 6.89. The number of nitrogens with zero attached hydrogens (tertiary/aromatic N) is 2. The molecule has 22 heavy (non-hydrogen) atoms. The van der Waals surface area contributed by atoms with Crippen LogP contribution in [0.3, 0.4) is 0 Å². The van der Waals surface area contributed by atoms with Crippen LogP contribution < -0.4 is 15.4 Å². The van der Waals surface area contributed by atoms with Gasteiger partial charge in [0.15, 0.2) is 0 Å². The molecular formula is C15H25Cl2N3O2. The van der Waals surface area contributed by atoms with E-state index in [4.69, 9.17) is 10.5 Å². The lowest BCUT2D eigenvalue weighted by atomic mass is 10.0. The van der Waals surface area contributed by atoms with Crippen LogP contribution in [0.5, 0.6) is 5.75 Å². The predicted molar refractivity (Wildman–Crippen MR) is 94.5 cm³/mol. The standard InChI is InChI=1S/C15H23N3O2.2ClH/c1-15(2,16)14(19)18-9-7-17(8-10-18)12-5-4-6-13(11-12)20-3;;/h4-6,11H,7-10,16H2,1-3H3;2*1H. The average Bonchev–Trinajstić information content (AvgIpc) is 2.46. The molecule has 0 unspecified atom stereocenters. The number of methoxy groups -OCH3 is 1. The van der Waals surface area contributed by atoms with Crippen molar-refractivity contribution in [2.45, 2.75) is 19.4 Å². The number of rotatable bonds is 3. The Bertz CT molecular complexity index is 484. The highest BCUT2D eigenvalue weighted by atomic mass is 35.5. The fourth-order valence-corrected chi connectivity index (χ4v) is 2.38. The molecule has 0 aliphatic carbocycles. The zero-order chi connectivity index (χ0) is 14.8. The first kappa shape index (κ1) is 20.8. The second-order valence-electron chi connectivity index (χ2n) is 5.70. The highest BCUT2D eigenvalue weighted by Crippen LogP contribution is 2.22. The molecule has 1 heterocycles. The maximum absolute atomic E-state index is 12.1. The van der Waals surface area contributed by atoms with E-state index in [0.717, 1.165) is 24.5 Å². The summed E-state index contributed by atoms with van der Waals surface area (Å²) in [5, 5.41) is 0. The summed E-state index contributed by atoms with van der Waals surface area (Å²) in [7, 11) is 1.67. The van der Waals surface area contributed by atoms with Crippen molar-refractivity contribution >= 4 is 36.4 Å². The number of hydrogen-bond donors (Lipinski definition) is 1. The molecule has 0 atom stereocenters. The van der Waals surface area contributed by atoms with Crippen LogP contribution in [0, 0.1) is 0 Å². The lowest BCUT2D eigenvalue weighted by Crippen LogP contribution is -2.57. The van der Waals surface area contributed by atoms with Crippen molar-refractivity contribution < 1.29 is 9.53 Å². The minimum atomic E-state index is -0.794. The van der Waals surface area contributed by atoms with Gasteiger partial charge in [-0.15, -0.1) is 24.8 Å². The Labute approximate surface area is 144 Å². The predicted octanol–water partition coefficient (Wildman–Crippen LogP) is 1.92. The molecule has 0 radical (unpaired) electrons. The minimum Gasteiger partial charge on any atom is -0.497 e. The Morgan fingerprint density at radius 3 is 2.27 bits per heavy atom. The molecule has 0 bridgehead atoms. The van der Waals surface area contributed by atoms with Gasteiger partial charge in [-0.25, -0.2) is 0 Å². The third-order valence-electron chi connectivity index (χ3n) is 3.54. The number of anilines is 1. The Kier molecular flexibility index (Phi) is 8.01. The zero-order valence-corrected chi connectivity index (χ0v) is 14.9.